The molecule has 0 unspecified atom stereocenters. The lowest BCUT2D eigenvalue weighted by atomic mass is 9.81. The molecular formula is C32H42OSi. The van der Waals surface area contributed by atoms with Crippen molar-refractivity contribution in [2.24, 2.45) is 0 Å². The molecule has 1 aromatic heterocycles. The van der Waals surface area contributed by atoms with Gasteiger partial charge >= 0.3 is 0 Å². The lowest BCUT2D eigenvalue weighted by Gasteiger charge is -2.34. The van der Waals surface area contributed by atoms with Crippen molar-refractivity contribution in [3.8, 4) is 0 Å². The first-order valence-electron chi connectivity index (χ1n) is 12.6. The molecule has 2 heteroatoms. The molecule has 0 saturated heterocycles. The van der Waals surface area contributed by atoms with Gasteiger partial charge < -0.3 is 4.42 Å². The number of hydrogen-bond acceptors (Lipinski definition) is 1. The van der Waals surface area contributed by atoms with Gasteiger partial charge in [-0.15, -0.1) is 0 Å². The van der Waals surface area contributed by atoms with E-state index in [1.165, 1.54) is 37.8 Å². The van der Waals surface area contributed by atoms with Crippen LogP contribution in [0.3, 0.4) is 0 Å². The Balaban J connectivity index is 2.07. The number of benzene rings is 3. The second kappa shape index (κ2) is 7.85. The molecule has 0 saturated carbocycles. The molecule has 0 bridgehead atoms. The summed E-state index contributed by atoms with van der Waals surface area (Å²) < 4.78 is 6.30. The van der Waals surface area contributed by atoms with Crippen molar-refractivity contribution in [3.63, 3.8) is 0 Å². The molecule has 4 aromatic rings. The Bertz CT molecular complexity index is 1330. The summed E-state index contributed by atoms with van der Waals surface area (Å²) in [5.41, 5.74) is 6.51. The van der Waals surface area contributed by atoms with Crippen LogP contribution in [-0.4, -0.2) is 8.07 Å². The largest absolute Gasteiger partial charge is 0.456 e. The van der Waals surface area contributed by atoms with Crippen molar-refractivity contribution in [1.29, 1.82) is 0 Å². The van der Waals surface area contributed by atoms with Crippen molar-refractivity contribution in [3.05, 3.63) is 71.3 Å². The molecule has 0 spiro atoms. The van der Waals surface area contributed by atoms with E-state index in [-0.39, 0.29) is 16.2 Å². The Morgan fingerprint density at radius 3 is 1.71 bits per heavy atom. The predicted molar refractivity (Wildman–Crippen MR) is 153 cm³/mol. The fourth-order valence-electron chi connectivity index (χ4n) is 5.13. The van der Waals surface area contributed by atoms with Gasteiger partial charge in [0.1, 0.15) is 19.2 Å². The summed E-state index contributed by atoms with van der Waals surface area (Å²) in [6, 6.07) is 20.5. The quantitative estimate of drug-likeness (QED) is 0.268. The molecule has 0 aliphatic heterocycles. The molecule has 34 heavy (non-hydrogen) atoms. The van der Waals surface area contributed by atoms with Crippen LogP contribution in [0.15, 0.2) is 59.0 Å². The zero-order valence-electron chi connectivity index (χ0n) is 23.1. The first kappa shape index (κ1) is 24.8. The number of rotatable bonds is 2. The highest BCUT2D eigenvalue weighted by atomic mass is 28.3. The fourth-order valence-corrected chi connectivity index (χ4v) is 8.10. The van der Waals surface area contributed by atoms with Crippen LogP contribution in [0.25, 0.3) is 21.9 Å². The minimum Gasteiger partial charge on any atom is -0.456 e. The zero-order chi connectivity index (χ0) is 25.3. The molecule has 4 rings (SSSR count). The van der Waals surface area contributed by atoms with Gasteiger partial charge in [0.25, 0.3) is 0 Å². The predicted octanol–water partition coefficient (Wildman–Crippen LogP) is 8.30. The van der Waals surface area contributed by atoms with Gasteiger partial charge in [0.2, 0.25) is 0 Å². The SMILES string of the molecule is CC(C)(C)c1cc(C(C)(C)C)cc([Si](C)(C)c2ccc3oc4ccccc4c3c2C(C)(C)C)c1. The van der Waals surface area contributed by atoms with E-state index in [1.807, 2.05) is 0 Å². The first-order valence-corrected chi connectivity index (χ1v) is 15.6. The molecule has 1 heterocycles. The van der Waals surface area contributed by atoms with E-state index in [0.29, 0.717) is 0 Å². The van der Waals surface area contributed by atoms with Gasteiger partial charge in [0.15, 0.2) is 0 Å². The zero-order valence-corrected chi connectivity index (χ0v) is 24.1. The molecule has 0 fully saturated rings. The normalized spacial score (nSPS) is 13.7. The summed E-state index contributed by atoms with van der Waals surface area (Å²) in [5, 5.41) is 5.56. The van der Waals surface area contributed by atoms with Crippen LogP contribution in [0.1, 0.15) is 79.0 Å². The molecule has 0 aliphatic carbocycles. The van der Waals surface area contributed by atoms with Gasteiger partial charge in [0, 0.05) is 10.8 Å². The van der Waals surface area contributed by atoms with Crippen molar-refractivity contribution in [1.82, 2.24) is 0 Å². The van der Waals surface area contributed by atoms with Crippen molar-refractivity contribution in [2.45, 2.75) is 91.7 Å². The van der Waals surface area contributed by atoms with Crippen LogP contribution in [0.2, 0.25) is 13.1 Å². The van der Waals surface area contributed by atoms with Gasteiger partial charge in [-0.2, -0.15) is 0 Å². The highest BCUT2D eigenvalue weighted by Gasteiger charge is 2.35. The maximum absolute atomic E-state index is 6.30. The molecule has 0 amide bonds. The van der Waals surface area contributed by atoms with E-state index in [1.54, 1.807) is 0 Å². The first-order chi connectivity index (χ1) is 15.5. The van der Waals surface area contributed by atoms with E-state index in [0.717, 1.165) is 11.2 Å². The van der Waals surface area contributed by atoms with Crippen LogP contribution >= 0.6 is 0 Å². The van der Waals surface area contributed by atoms with Crippen LogP contribution in [0.5, 0.6) is 0 Å². The molecule has 180 valence electrons. The summed E-state index contributed by atoms with van der Waals surface area (Å²) >= 11 is 0. The monoisotopic (exact) mass is 470 g/mol. The minimum atomic E-state index is -2.05. The second-order valence-corrected chi connectivity index (χ2v) is 18.0. The lowest BCUT2D eigenvalue weighted by molar-refractivity contribution is 0.569. The van der Waals surface area contributed by atoms with Crippen molar-refractivity contribution in [2.75, 3.05) is 0 Å². The van der Waals surface area contributed by atoms with Crippen molar-refractivity contribution < 1.29 is 4.42 Å². The van der Waals surface area contributed by atoms with E-state index in [9.17, 15) is 0 Å². The van der Waals surface area contributed by atoms with E-state index in [2.05, 4.69) is 130 Å². The third kappa shape index (κ3) is 4.26. The third-order valence-corrected chi connectivity index (χ3v) is 10.8. The summed E-state index contributed by atoms with van der Waals surface area (Å²) in [5.74, 6) is 0. The Morgan fingerprint density at radius 1 is 0.618 bits per heavy atom. The average molecular weight is 471 g/mol. The van der Waals surface area contributed by atoms with Gasteiger partial charge in [-0.25, -0.2) is 0 Å². The smallest absolute Gasteiger partial charge is 0.135 e. The van der Waals surface area contributed by atoms with Gasteiger partial charge in [-0.3, -0.25) is 0 Å². The fraction of sp³-hybridized carbons (Fsp3) is 0.438. The highest BCUT2D eigenvalue weighted by molar-refractivity contribution is 7.00. The van der Waals surface area contributed by atoms with Gasteiger partial charge in [-0.1, -0.05) is 128 Å². The van der Waals surface area contributed by atoms with Crippen LogP contribution in [0.4, 0.5) is 0 Å². The summed E-state index contributed by atoms with van der Waals surface area (Å²) in [4.78, 5) is 0. The molecule has 1 nitrogen and oxygen atoms in total. The second-order valence-electron chi connectivity index (χ2n) is 13.6. The van der Waals surface area contributed by atoms with E-state index >= 15 is 0 Å². The van der Waals surface area contributed by atoms with Crippen LogP contribution < -0.4 is 10.4 Å². The molecule has 0 atom stereocenters. The average Bonchev–Trinajstić information content (AvgIpc) is 3.09. The summed E-state index contributed by atoms with van der Waals surface area (Å²) in [6.45, 7) is 26.1. The molecule has 0 aliphatic rings. The Kier molecular flexibility index (Phi) is 5.72. The Morgan fingerprint density at radius 2 is 1.18 bits per heavy atom. The molecule has 0 N–H and O–H groups in total. The molecule has 3 aromatic carbocycles. The maximum Gasteiger partial charge on any atom is 0.135 e. The summed E-state index contributed by atoms with van der Waals surface area (Å²) in [6.07, 6.45) is 0. The highest BCUT2D eigenvalue weighted by Crippen LogP contribution is 2.37. The van der Waals surface area contributed by atoms with Crippen LogP contribution in [0, 0.1) is 0 Å². The maximum atomic E-state index is 6.30. The number of hydrogen-bond donors (Lipinski definition) is 0. The number of furan rings is 1. The number of fused-ring (bicyclic) bond motifs is 3. The number of para-hydroxylation sites is 1. The van der Waals surface area contributed by atoms with Crippen molar-refractivity contribution >= 4 is 40.4 Å². The minimum absolute atomic E-state index is 0.000251. The Hall–Kier alpha value is -2.32. The summed E-state index contributed by atoms with van der Waals surface area (Å²) in [7, 11) is -2.05. The molecule has 0 radical (unpaired) electrons. The third-order valence-electron chi connectivity index (χ3n) is 7.35. The van der Waals surface area contributed by atoms with Gasteiger partial charge in [0.05, 0.1) is 0 Å². The lowest BCUT2D eigenvalue weighted by Crippen LogP contribution is -2.56. The van der Waals surface area contributed by atoms with Crippen LogP contribution in [-0.2, 0) is 16.2 Å². The molecular weight excluding hydrogens is 428 g/mol. The van der Waals surface area contributed by atoms with E-state index < -0.39 is 8.07 Å². The standard InChI is InChI=1S/C32H42OSi/c1-30(2,3)21-18-22(31(4,5)6)20-23(19-21)34(10,11)27-17-16-26-28(29(27)32(7,8)9)24-14-12-13-15-25(24)33-26/h12-20H,1-11H3. The Labute approximate surface area is 207 Å². The van der Waals surface area contributed by atoms with E-state index in [4.69, 9.17) is 4.42 Å². The topological polar surface area (TPSA) is 13.1 Å². The van der Waals surface area contributed by atoms with Gasteiger partial charge in [-0.05, 0) is 45.1 Å².